The number of ether oxygens (including phenoxy) is 1. The fraction of sp³-hybridized carbons (Fsp3) is 0.333. The van der Waals surface area contributed by atoms with Crippen molar-refractivity contribution in [3.63, 3.8) is 0 Å². The topological polar surface area (TPSA) is 62.4 Å². The Balaban J connectivity index is 1.61. The molecule has 1 N–H and O–H groups in total. The molecule has 1 aromatic heterocycles. The van der Waals surface area contributed by atoms with Crippen molar-refractivity contribution in [2.45, 2.75) is 26.2 Å². The van der Waals surface area contributed by atoms with E-state index >= 15 is 0 Å². The Morgan fingerprint density at radius 3 is 2.76 bits per heavy atom. The highest BCUT2D eigenvalue weighted by Crippen LogP contribution is 2.36. The minimum absolute atomic E-state index is 0.0389. The first-order chi connectivity index (χ1) is 14.1. The van der Waals surface area contributed by atoms with E-state index in [2.05, 4.69) is 4.98 Å². The van der Waals surface area contributed by atoms with Gasteiger partial charge in [0.25, 0.3) is 5.91 Å². The van der Waals surface area contributed by atoms with Crippen LogP contribution < -0.4 is 0 Å². The number of hydrogen-bond acceptors (Lipinski definition) is 3. The molecule has 0 aliphatic carbocycles. The number of esters is 1. The molecule has 1 fully saturated rings. The van der Waals surface area contributed by atoms with Gasteiger partial charge in [-0.2, -0.15) is 0 Å². The standard InChI is InChI=1S/C24H26N2O3/c1-2-29-23(28)24(16-18-7-4-3-5-8-18)12-6-14-26(17-24)22(27)20-10-9-19-11-13-25-21(19)15-20/h3-5,7-11,13,15,25H,2,6,12,14,16-17H2,1H3/t24-/m0/s1. The summed E-state index contributed by atoms with van der Waals surface area (Å²) in [4.78, 5) is 31.2. The van der Waals surface area contributed by atoms with Crippen LogP contribution in [0.2, 0.25) is 0 Å². The van der Waals surface area contributed by atoms with Crippen LogP contribution in [0.3, 0.4) is 0 Å². The number of nitrogens with one attached hydrogen (secondary N) is 1. The molecule has 0 bridgehead atoms. The molecule has 1 aliphatic rings. The molecule has 3 aromatic rings. The van der Waals surface area contributed by atoms with Crippen molar-refractivity contribution in [1.29, 1.82) is 0 Å². The fourth-order valence-electron chi connectivity index (χ4n) is 4.32. The third kappa shape index (κ3) is 3.90. The van der Waals surface area contributed by atoms with E-state index in [0.29, 0.717) is 31.7 Å². The maximum atomic E-state index is 13.2. The van der Waals surface area contributed by atoms with Gasteiger partial charge >= 0.3 is 5.97 Å². The maximum Gasteiger partial charge on any atom is 0.314 e. The van der Waals surface area contributed by atoms with E-state index in [4.69, 9.17) is 4.74 Å². The summed E-state index contributed by atoms with van der Waals surface area (Å²) in [7, 11) is 0. The molecule has 2 heterocycles. The maximum absolute atomic E-state index is 13.2. The number of aromatic amines is 1. The van der Waals surface area contributed by atoms with Crippen molar-refractivity contribution in [3.8, 4) is 0 Å². The third-order valence-electron chi connectivity index (χ3n) is 5.76. The van der Waals surface area contributed by atoms with Gasteiger partial charge in [-0.3, -0.25) is 9.59 Å². The Morgan fingerprint density at radius 2 is 1.97 bits per heavy atom. The summed E-state index contributed by atoms with van der Waals surface area (Å²) in [6, 6.07) is 17.7. The summed E-state index contributed by atoms with van der Waals surface area (Å²) in [5.74, 6) is -0.246. The Labute approximate surface area is 170 Å². The van der Waals surface area contributed by atoms with Crippen molar-refractivity contribution >= 4 is 22.8 Å². The van der Waals surface area contributed by atoms with Crippen LogP contribution in [-0.4, -0.2) is 41.5 Å². The van der Waals surface area contributed by atoms with Gasteiger partial charge in [0.1, 0.15) is 0 Å². The molecule has 0 saturated carbocycles. The van der Waals surface area contributed by atoms with E-state index in [1.807, 2.05) is 72.6 Å². The fourth-order valence-corrected chi connectivity index (χ4v) is 4.32. The first-order valence-electron chi connectivity index (χ1n) is 10.2. The smallest absolute Gasteiger partial charge is 0.314 e. The van der Waals surface area contributed by atoms with Gasteiger partial charge in [0.2, 0.25) is 0 Å². The van der Waals surface area contributed by atoms with Crippen molar-refractivity contribution < 1.29 is 14.3 Å². The normalized spacial score (nSPS) is 19.3. The van der Waals surface area contributed by atoms with Crippen LogP contribution in [0.15, 0.2) is 60.8 Å². The molecule has 1 atom stereocenters. The number of carbonyl (C=O) groups excluding carboxylic acids is 2. The molecule has 4 rings (SSSR count). The van der Waals surface area contributed by atoms with E-state index in [-0.39, 0.29) is 11.9 Å². The molecular weight excluding hydrogens is 364 g/mol. The second kappa shape index (κ2) is 8.11. The monoisotopic (exact) mass is 390 g/mol. The molecule has 2 aromatic carbocycles. The molecule has 150 valence electrons. The van der Waals surface area contributed by atoms with Crippen molar-refractivity contribution in [2.75, 3.05) is 19.7 Å². The van der Waals surface area contributed by atoms with Crippen LogP contribution >= 0.6 is 0 Å². The zero-order valence-corrected chi connectivity index (χ0v) is 16.7. The zero-order valence-electron chi connectivity index (χ0n) is 16.7. The number of rotatable bonds is 5. The van der Waals surface area contributed by atoms with Crippen molar-refractivity contribution in [2.24, 2.45) is 5.41 Å². The number of amides is 1. The Morgan fingerprint density at radius 1 is 1.14 bits per heavy atom. The predicted molar refractivity (Wildman–Crippen MR) is 113 cm³/mol. The number of H-pyrrole nitrogens is 1. The number of hydrogen-bond donors (Lipinski definition) is 1. The van der Waals surface area contributed by atoms with E-state index in [1.54, 1.807) is 0 Å². The quantitative estimate of drug-likeness (QED) is 0.664. The first-order valence-corrected chi connectivity index (χ1v) is 10.2. The zero-order chi connectivity index (χ0) is 20.3. The number of likely N-dealkylation sites (tertiary alicyclic amines) is 1. The van der Waals surface area contributed by atoms with Gasteiger partial charge < -0.3 is 14.6 Å². The molecule has 0 unspecified atom stereocenters. The van der Waals surface area contributed by atoms with Gasteiger partial charge in [0.05, 0.1) is 12.0 Å². The second-order valence-corrected chi connectivity index (χ2v) is 7.77. The summed E-state index contributed by atoms with van der Waals surface area (Å²) in [6.45, 7) is 3.19. The van der Waals surface area contributed by atoms with Crippen LogP contribution in [0, 0.1) is 5.41 Å². The molecule has 0 spiro atoms. The largest absolute Gasteiger partial charge is 0.466 e. The Hall–Kier alpha value is -3.08. The number of fused-ring (bicyclic) bond motifs is 1. The average Bonchev–Trinajstić information content (AvgIpc) is 3.22. The minimum atomic E-state index is -0.707. The summed E-state index contributed by atoms with van der Waals surface area (Å²) in [6.07, 6.45) is 3.94. The van der Waals surface area contributed by atoms with Gasteiger partial charge in [-0.05, 0) is 55.3 Å². The predicted octanol–water partition coefficient (Wildman–Crippen LogP) is 4.20. The van der Waals surface area contributed by atoms with Crippen LogP contribution in [0.25, 0.3) is 10.9 Å². The highest BCUT2D eigenvalue weighted by atomic mass is 16.5. The summed E-state index contributed by atoms with van der Waals surface area (Å²) >= 11 is 0. The molecule has 1 amide bonds. The lowest BCUT2D eigenvalue weighted by Crippen LogP contribution is -2.51. The van der Waals surface area contributed by atoms with Crippen LogP contribution in [0.1, 0.15) is 35.7 Å². The average molecular weight is 390 g/mol. The lowest BCUT2D eigenvalue weighted by molar-refractivity contribution is -0.158. The number of nitrogens with zero attached hydrogens (tertiary/aromatic N) is 1. The van der Waals surface area contributed by atoms with Gasteiger partial charge in [0.15, 0.2) is 0 Å². The van der Waals surface area contributed by atoms with Crippen molar-refractivity contribution in [1.82, 2.24) is 9.88 Å². The van der Waals surface area contributed by atoms with Crippen molar-refractivity contribution in [3.05, 3.63) is 71.9 Å². The van der Waals surface area contributed by atoms with E-state index < -0.39 is 5.41 Å². The molecule has 1 aliphatic heterocycles. The molecule has 5 heteroatoms. The second-order valence-electron chi connectivity index (χ2n) is 7.77. The summed E-state index contributed by atoms with van der Waals surface area (Å²) in [5, 5.41) is 1.07. The Kier molecular flexibility index (Phi) is 5.38. The summed E-state index contributed by atoms with van der Waals surface area (Å²) < 4.78 is 5.46. The van der Waals surface area contributed by atoms with Crippen LogP contribution in [0.4, 0.5) is 0 Å². The van der Waals surface area contributed by atoms with Gasteiger partial charge in [-0.15, -0.1) is 0 Å². The highest BCUT2D eigenvalue weighted by molar-refractivity contribution is 5.98. The van der Waals surface area contributed by atoms with Crippen LogP contribution in [-0.2, 0) is 16.0 Å². The lowest BCUT2D eigenvalue weighted by Gasteiger charge is -2.41. The van der Waals surface area contributed by atoms with Gasteiger partial charge in [0, 0.05) is 30.4 Å². The lowest BCUT2D eigenvalue weighted by atomic mass is 9.75. The molecule has 0 radical (unpaired) electrons. The number of piperidine rings is 1. The highest BCUT2D eigenvalue weighted by Gasteiger charge is 2.44. The number of aromatic nitrogens is 1. The molecule has 5 nitrogen and oxygen atoms in total. The molecule has 29 heavy (non-hydrogen) atoms. The SMILES string of the molecule is CCOC(=O)[C@]1(Cc2ccccc2)CCCN(C(=O)c2ccc3cc[nH]c3c2)C1. The summed E-state index contributed by atoms with van der Waals surface area (Å²) in [5.41, 5.74) is 1.96. The van der Waals surface area contributed by atoms with Gasteiger partial charge in [-0.25, -0.2) is 0 Å². The Bertz CT molecular complexity index is 1010. The van der Waals surface area contributed by atoms with E-state index in [1.165, 1.54) is 0 Å². The number of carbonyl (C=O) groups is 2. The van der Waals surface area contributed by atoms with E-state index in [9.17, 15) is 9.59 Å². The van der Waals surface area contributed by atoms with Gasteiger partial charge in [-0.1, -0.05) is 36.4 Å². The minimum Gasteiger partial charge on any atom is -0.466 e. The molecular formula is C24H26N2O3. The van der Waals surface area contributed by atoms with E-state index in [0.717, 1.165) is 29.3 Å². The van der Waals surface area contributed by atoms with Crippen LogP contribution in [0.5, 0.6) is 0 Å². The third-order valence-corrected chi connectivity index (χ3v) is 5.76. The molecule has 1 saturated heterocycles. The number of benzene rings is 2. The first kappa shape index (κ1) is 19.2.